The highest BCUT2D eigenvalue weighted by atomic mass is 16.7. The molecule has 0 amide bonds. The van der Waals surface area contributed by atoms with Crippen LogP contribution in [-0.4, -0.2) is 36.6 Å². The van der Waals surface area contributed by atoms with Gasteiger partial charge in [0.1, 0.15) is 0 Å². The number of rotatable bonds is 11. The fourth-order valence-corrected chi connectivity index (χ4v) is 10.7. The lowest BCUT2D eigenvalue weighted by Crippen LogP contribution is -2.41. The molecule has 4 nitrogen and oxygen atoms in total. The lowest BCUT2D eigenvalue weighted by atomic mass is 9.65. The summed E-state index contributed by atoms with van der Waals surface area (Å²) in [5.74, 6) is 0.492. The van der Waals surface area contributed by atoms with Crippen LogP contribution in [0.15, 0.2) is 109 Å². The molecule has 310 valence electrons. The Kier molecular flexibility index (Phi) is 10.1. The van der Waals surface area contributed by atoms with Gasteiger partial charge in [-0.25, -0.2) is 0 Å². The van der Waals surface area contributed by atoms with Crippen molar-refractivity contribution < 1.29 is 18.6 Å². The van der Waals surface area contributed by atoms with Crippen molar-refractivity contribution in [3.8, 4) is 22.3 Å². The average Bonchev–Trinajstić information content (AvgIpc) is 3.82. The molecule has 2 fully saturated rings. The van der Waals surface area contributed by atoms with Crippen molar-refractivity contribution in [1.82, 2.24) is 0 Å². The summed E-state index contributed by atoms with van der Waals surface area (Å²) in [7, 11) is -0.873. The minimum atomic E-state index is -0.595. The van der Waals surface area contributed by atoms with Gasteiger partial charge in [0.15, 0.2) is 0 Å². The summed E-state index contributed by atoms with van der Waals surface area (Å²) in [6.07, 6.45) is 7.73. The molecule has 5 aromatic rings. The van der Waals surface area contributed by atoms with E-state index in [1.165, 1.54) is 94.2 Å². The van der Waals surface area contributed by atoms with Gasteiger partial charge in [0.2, 0.25) is 0 Å². The molecular weight excluding hydrogens is 734 g/mol. The summed E-state index contributed by atoms with van der Waals surface area (Å²) >= 11 is 0. The van der Waals surface area contributed by atoms with Gasteiger partial charge in [0.05, 0.1) is 27.8 Å². The van der Waals surface area contributed by atoms with Crippen molar-refractivity contribution in [1.29, 1.82) is 0 Å². The molecule has 0 saturated carbocycles. The summed E-state index contributed by atoms with van der Waals surface area (Å²) in [4.78, 5) is 0. The van der Waals surface area contributed by atoms with E-state index in [0.29, 0.717) is 5.92 Å². The van der Waals surface area contributed by atoms with Gasteiger partial charge in [0, 0.05) is 5.41 Å². The quantitative estimate of drug-likeness (QED) is 0.0966. The van der Waals surface area contributed by atoms with Crippen molar-refractivity contribution in [3.05, 3.63) is 143 Å². The van der Waals surface area contributed by atoms with Gasteiger partial charge in [-0.15, -0.1) is 0 Å². The Morgan fingerprint density at radius 3 is 1.37 bits per heavy atom. The molecule has 0 radical (unpaired) electrons. The Morgan fingerprint density at radius 1 is 0.450 bits per heavy atom. The van der Waals surface area contributed by atoms with Crippen LogP contribution in [0.25, 0.3) is 22.3 Å². The molecule has 6 heteroatoms. The third kappa shape index (κ3) is 6.17. The molecule has 2 heterocycles. The molecule has 2 aliphatic heterocycles. The molecule has 2 aliphatic carbocycles. The third-order valence-electron chi connectivity index (χ3n) is 16.0. The van der Waals surface area contributed by atoms with Gasteiger partial charge in [-0.05, 0) is 146 Å². The van der Waals surface area contributed by atoms with E-state index >= 15 is 0 Å². The van der Waals surface area contributed by atoms with Crippen LogP contribution in [0.1, 0.15) is 148 Å². The molecular formula is C54H64B2O4. The number of hydrogen-bond donors (Lipinski definition) is 0. The average molecular weight is 799 g/mol. The minimum Gasteiger partial charge on any atom is -0.399 e. The van der Waals surface area contributed by atoms with Gasteiger partial charge in [-0.3, -0.25) is 0 Å². The second-order valence-corrected chi connectivity index (χ2v) is 20.5. The first-order chi connectivity index (χ1) is 28.5. The largest absolute Gasteiger partial charge is 0.494 e. The van der Waals surface area contributed by atoms with Crippen LogP contribution < -0.4 is 10.9 Å². The van der Waals surface area contributed by atoms with Crippen molar-refractivity contribution in [2.45, 2.75) is 148 Å². The maximum absolute atomic E-state index is 6.55. The lowest BCUT2D eigenvalue weighted by Gasteiger charge is -2.36. The Labute approximate surface area is 361 Å². The van der Waals surface area contributed by atoms with Crippen LogP contribution in [0.5, 0.6) is 0 Å². The fourth-order valence-electron chi connectivity index (χ4n) is 10.7. The number of unbranched alkanes of at least 4 members (excludes halogenated alkanes) is 4. The molecule has 60 heavy (non-hydrogen) atoms. The van der Waals surface area contributed by atoms with Crippen molar-refractivity contribution in [2.75, 3.05) is 0 Å². The molecule has 5 aromatic carbocycles. The second-order valence-electron chi connectivity index (χ2n) is 20.5. The maximum atomic E-state index is 6.55. The number of fused-ring (bicyclic) bond motifs is 6. The summed E-state index contributed by atoms with van der Waals surface area (Å²) in [6, 6.07) is 41.7. The molecule has 2 saturated heterocycles. The Bertz CT molecular complexity index is 2300. The zero-order valence-corrected chi connectivity index (χ0v) is 38.0. The number of hydrogen-bond acceptors (Lipinski definition) is 4. The molecule has 0 aromatic heterocycles. The van der Waals surface area contributed by atoms with E-state index in [4.69, 9.17) is 18.6 Å². The van der Waals surface area contributed by atoms with Crippen molar-refractivity contribution >= 4 is 25.2 Å². The van der Waals surface area contributed by atoms with E-state index in [0.717, 1.165) is 10.9 Å². The minimum absolute atomic E-state index is 0.0964. The summed E-state index contributed by atoms with van der Waals surface area (Å²) in [5, 5.41) is 0. The Balaban J connectivity index is 1.22. The first-order valence-electron chi connectivity index (χ1n) is 22.8. The number of benzene rings is 5. The molecule has 9 rings (SSSR count). The standard InChI is InChI=1S/C54H64B2O4/c1-12-13-14-15-16-21-36(2)53(11)45-24-19-17-22-41(45)43-35-48-44(34-47(43)53)42-23-18-20-25-46(42)54(48,37-26-30-39(31-27-37)55-57-49(3,4)50(5,6)58-55)38-28-32-40(33-29-38)56-59-51(7,8)52(9,10)60-56/h17-20,22-36H,12-16,21H2,1-11H3. The Hall–Kier alpha value is -3.93. The summed E-state index contributed by atoms with van der Waals surface area (Å²) in [5.41, 5.74) is 13.0. The van der Waals surface area contributed by atoms with E-state index in [1.54, 1.807) is 0 Å². The van der Waals surface area contributed by atoms with Crippen LogP contribution in [0.4, 0.5) is 0 Å². The van der Waals surface area contributed by atoms with Gasteiger partial charge in [-0.1, -0.05) is 150 Å². The van der Waals surface area contributed by atoms with Gasteiger partial charge < -0.3 is 18.6 Å². The van der Waals surface area contributed by atoms with Crippen LogP contribution >= 0.6 is 0 Å². The predicted octanol–water partition coefficient (Wildman–Crippen LogP) is 11.9. The topological polar surface area (TPSA) is 36.9 Å². The highest BCUT2D eigenvalue weighted by Crippen LogP contribution is 2.61. The molecule has 0 bridgehead atoms. The third-order valence-corrected chi connectivity index (χ3v) is 16.0. The zero-order chi connectivity index (χ0) is 42.5. The molecule has 4 aliphatic rings. The maximum Gasteiger partial charge on any atom is 0.494 e. The predicted molar refractivity (Wildman–Crippen MR) is 250 cm³/mol. The van der Waals surface area contributed by atoms with Gasteiger partial charge in [0.25, 0.3) is 0 Å². The van der Waals surface area contributed by atoms with Crippen LogP contribution in [0.3, 0.4) is 0 Å². The highest BCUT2D eigenvalue weighted by molar-refractivity contribution is 6.62. The van der Waals surface area contributed by atoms with E-state index in [-0.39, 0.29) is 5.41 Å². The lowest BCUT2D eigenvalue weighted by molar-refractivity contribution is 0.00578. The fraction of sp³-hybridized carbons (Fsp3) is 0.444. The molecule has 2 unspecified atom stereocenters. The Morgan fingerprint density at radius 2 is 0.867 bits per heavy atom. The van der Waals surface area contributed by atoms with E-state index in [2.05, 4.69) is 185 Å². The first kappa shape index (κ1) is 41.4. The first-order valence-corrected chi connectivity index (χ1v) is 22.8. The summed E-state index contributed by atoms with van der Waals surface area (Å²) < 4.78 is 26.2. The van der Waals surface area contributed by atoms with Crippen molar-refractivity contribution in [3.63, 3.8) is 0 Å². The van der Waals surface area contributed by atoms with Crippen molar-refractivity contribution in [2.24, 2.45) is 5.92 Å². The van der Waals surface area contributed by atoms with Gasteiger partial charge in [-0.2, -0.15) is 0 Å². The molecule has 0 spiro atoms. The van der Waals surface area contributed by atoms with Crippen LogP contribution in [-0.2, 0) is 29.4 Å². The molecule has 2 atom stereocenters. The summed E-state index contributed by atoms with van der Waals surface area (Å²) in [6.45, 7) is 24.3. The van der Waals surface area contributed by atoms with E-state index in [9.17, 15) is 0 Å². The highest BCUT2D eigenvalue weighted by Gasteiger charge is 2.54. The zero-order valence-electron chi connectivity index (χ0n) is 38.0. The van der Waals surface area contributed by atoms with E-state index in [1.807, 2.05) is 0 Å². The smallest absolute Gasteiger partial charge is 0.399 e. The molecule has 0 N–H and O–H groups in total. The SMILES string of the molecule is CCCCCCCC(C)C1(C)c2ccccc2-c2cc3c(cc21)-c1ccccc1C3(c1ccc(B2OC(C)(C)C(C)(C)O2)cc1)c1ccc(B2OC(C)(C)C(C)(C)O2)cc1. The second kappa shape index (κ2) is 14.6. The normalized spacial score (nSPS) is 22.6. The van der Waals surface area contributed by atoms with Crippen LogP contribution in [0.2, 0.25) is 0 Å². The van der Waals surface area contributed by atoms with Crippen LogP contribution in [0, 0.1) is 5.92 Å². The van der Waals surface area contributed by atoms with Gasteiger partial charge >= 0.3 is 14.2 Å². The van der Waals surface area contributed by atoms with E-state index < -0.39 is 42.1 Å². The monoisotopic (exact) mass is 798 g/mol.